The van der Waals surface area contributed by atoms with E-state index >= 15 is 0 Å². The number of hydrogen-bond acceptors (Lipinski definition) is 5. The minimum absolute atomic E-state index is 0.0795. The Hall–Kier alpha value is -2.90. The summed E-state index contributed by atoms with van der Waals surface area (Å²) in [6.45, 7) is 0.0795. The van der Waals surface area contributed by atoms with E-state index < -0.39 is 10.0 Å². The zero-order valence-corrected chi connectivity index (χ0v) is 15.9. The highest BCUT2D eigenvalue weighted by Crippen LogP contribution is 2.28. The summed E-state index contributed by atoms with van der Waals surface area (Å²) in [5.41, 5.74) is 1.11. The Balaban J connectivity index is 1.72. The second kappa shape index (κ2) is 7.38. The highest BCUT2D eigenvalue weighted by molar-refractivity contribution is 7.92. The molecule has 27 heavy (non-hydrogen) atoms. The zero-order valence-electron chi connectivity index (χ0n) is 14.2. The van der Waals surface area contributed by atoms with Crippen LogP contribution in [-0.2, 0) is 16.6 Å². The molecule has 2 aromatic heterocycles. The van der Waals surface area contributed by atoms with Crippen molar-refractivity contribution in [2.24, 2.45) is 0 Å². The third-order valence-corrected chi connectivity index (χ3v) is 6.61. The number of hydrogen-bond donors (Lipinski definition) is 0. The highest BCUT2D eigenvalue weighted by Gasteiger charge is 2.26. The summed E-state index contributed by atoms with van der Waals surface area (Å²) in [5, 5.41) is 1.94. The van der Waals surface area contributed by atoms with Crippen LogP contribution in [-0.4, -0.2) is 13.4 Å². The van der Waals surface area contributed by atoms with Crippen LogP contribution in [0.3, 0.4) is 0 Å². The fourth-order valence-electron chi connectivity index (χ4n) is 2.67. The van der Waals surface area contributed by atoms with Crippen LogP contribution in [0.15, 0.2) is 93.8 Å². The molecule has 0 saturated carbocycles. The average molecular weight is 396 g/mol. The van der Waals surface area contributed by atoms with Gasteiger partial charge in [-0.3, -0.25) is 4.31 Å². The Kier molecular flexibility index (Phi) is 4.79. The van der Waals surface area contributed by atoms with Crippen molar-refractivity contribution in [1.82, 2.24) is 4.98 Å². The lowest BCUT2D eigenvalue weighted by Gasteiger charge is -2.23. The third-order valence-electron chi connectivity index (χ3n) is 3.96. The molecule has 0 bridgehead atoms. The molecule has 0 amide bonds. The Morgan fingerprint density at radius 2 is 1.63 bits per heavy atom. The quantitative estimate of drug-likeness (QED) is 0.470. The maximum atomic E-state index is 13.2. The summed E-state index contributed by atoms with van der Waals surface area (Å²) in [5.74, 6) is 0.491. The van der Waals surface area contributed by atoms with Crippen LogP contribution in [0.5, 0.6) is 0 Å². The van der Waals surface area contributed by atoms with Crippen LogP contribution in [0, 0.1) is 0 Å². The first kappa shape index (κ1) is 17.5. The van der Waals surface area contributed by atoms with Crippen molar-refractivity contribution in [3.63, 3.8) is 0 Å². The molecule has 0 spiro atoms. The molecule has 136 valence electrons. The summed E-state index contributed by atoms with van der Waals surface area (Å²) in [4.78, 5) is 5.60. The lowest BCUT2D eigenvalue weighted by Crippen LogP contribution is -2.30. The lowest BCUT2D eigenvalue weighted by molar-refractivity contribution is 0.573. The molecule has 2 aromatic carbocycles. The predicted molar refractivity (Wildman–Crippen MR) is 106 cm³/mol. The first-order valence-corrected chi connectivity index (χ1v) is 10.6. The number of sulfonamides is 1. The van der Waals surface area contributed by atoms with E-state index in [1.807, 2.05) is 35.7 Å². The molecule has 0 aliphatic rings. The van der Waals surface area contributed by atoms with Gasteiger partial charge in [0, 0.05) is 0 Å². The number of para-hydroxylation sites is 1. The van der Waals surface area contributed by atoms with Gasteiger partial charge in [-0.1, -0.05) is 42.5 Å². The van der Waals surface area contributed by atoms with Gasteiger partial charge >= 0.3 is 0 Å². The fraction of sp³-hybridized carbons (Fsp3) is 0.0500. The van der Waals surface area contributed by atoms with Crippen LogP contribution >= 0.6 is 11.3 Å². The molecule has 0 N–H and O–H groups in total. The molecule has 4 rings (SSSR count). The third kappa shape index (κ3) is 3.65. The molecule has 0 radical (unpaired) electrons. The van der Waals surface area contributed by atoms with Gasteiger partial charge in [-0.25, -0.2) is 13.4 Å². The number of benzene rings is 2. The molecule has 0 saturated heterocycles. The maximum Gasteiger partial charge on any atom is 0.264 e. The Bertz CT molecular complexity index is 1110. The molecule has 0 atom stereocenters. The number of oxazole rings is 1. The van der Waals surface area contributed by atoms with Crippen molar-refractivity contribution in [1.29, 1.82) is 0 Å². The van der Waals surface area contributed by atoms with Gasteiger partial charge in [0.05, 0.1) is 22.0 Å². The lowest BCUT2D eigenvalue weighted by atomic mass is 10.3. The predicted octanol–water partition coefficient (Wildman–Crippen LogP) is 4.80. The van der Waals surface area contributed by atoms with Crippen LogP contribution < -0.4 is 4.31 Å². The normalized spacial score (nSPS) is 11.4. The van der Waals surface area contributed by atoms with Gasteiger partial charge in [0.25, 0.3) is 10.0 Å². The molecular formula is C20H16N2O3S2. The fourth-order valence-corrected chi connectivity index (χ4v) is 4.78. The smallest absolute Gasteiger partial charge is 0.264 e. The number of anilines is 1. The molecule has 2 heterocycles. The second-order valence-corrected chi connectivity index (χ2v) is 8.59. The molecule has 7 heteroatoms. The first-order valence-electron chi connectivity index (χ1n) is 8.26. The monoisotopic (exact) mass is 396 g/mol. The number of thiophene rings is 1. The van der Waals surface area contributed by atoms with Gasteiger partial charge in [-0.15, -0.1) is 11.3 Å². The highest BCUT2D eigenvalue weighted by atomic mass is 32.2. The minimum Gasteiger partial charge on any atom is -0.443 e. The van der Waals surface area contributed by atoms with E-state index in [0.717, 1.165) is 4.88 Å². The minimum atomic E-state index is -3.74. The van der Waals surface area contributed by atoms with Crippen LogP contribution in [0.4, 0.5) is 5.69 Å². The molecule has 4 aromatic rings. The molecule has 0 aliphatic carbocycles. The van der Waals surface area contributed by atoms with Crippen LogP contribution in [0.25, 0.3) is 10.8 Å². The van der Waals surface area contributed by atoms with E-state index in [1.54, 1.807) is 42.5 Å². The van der Waals surface area contributed by atoms with Gasteiger partial charge in [-0.05, 0) is 35.7 Å². The Morgan fingerprint density at radius 3 is 2.30 bits per heavy atom. The average Bonchev–Trinajstić information content (AvgIpc) is 3.39. The summed E-state index contributed by atoms with van der Waals surface area (Å²) >= 11 is 1.52. The molecular weight excluding hydrogens is 380 g/mol. The molecule has 0 aliphatic heterocycles. The number of nitrogens with zero attached hydrogens (tertiary/aromatic N) is 2. The first-order chi connectivity index (χ1) is 13.1. The molecule has 0 unspecified atom stereocenters. The van der Waals surface area contributed by atoms with Crippen molar-refractivity contribution < 1.29 is 12.8 Å². The maximum absolute atomic E-state index is 13.2. The Labute approximate surface area is 161 Å². The largest absolute Gasteiger partial charge is 0.443 e. The Morgan fingerprint density at radius 1 is 0.926 bits per heavy atom. The second-order valence-electron chi connectivity index (χ2n) is 5.78. The SMILES string of the molecule is O=S(=O)(c1ccccc1)N(Cc1coc(-c2cccs2)n1)c1ccccc1. The van der Waals surface area contributed by atoms with Gasteiger partial charge in [-0.2, -0.15) is 0 Å². The van der Waals surface area contributed by atoms with E-state index in [2.05, 4.69) is 4.98 Å². The van der Waals surface area contributed by atoms with Gasteiger partial charge < -0.3 is 4.42 Å². The molecule has 0 fully saturated rings. The summed E-state index contributed by atoms with van der Waals surface area (Å²) in [6, 6.07) is 21.2. The van der Waals surface area contributed by atoms with E-state index in [-0.39, 0.29) is 11.4 Å². The number of aromatic nitrogens is 1. The molecule has 5 nitrogen and oxygen atoms in total. The van der Waals surface area contributed by atoms with Gasteiger partial charge in [0.1, 0.15) is 12.0 Å². The van der Waals surface area contributed by atoms with Crippen molar-refractivity contribution >= 4 is 27.0 Å². The summed E-state index contributed by atoms with van der Waals surface area (Å²) < 4.78 is 33.4. The van der Waals surface area contributed by atoms with Crippen molar-refractivity contribution in [3.05, 3.63) is 90.1 Å². The van der Waals surface area contributed by atoms with Crippen LogP contribution in [0.1, 0.15) is 5.69 Å². The number of rotatable bonds is 6. The van der Waals surface area contributed by atoms with E-state index in [0.29, 0.717) is 17.3 Å². The van der Waals surface area contributed by atoms with Crippen molar-refractivity contribution in [2.45, 2.75) is 11.4 Å². The van der Waals surface area contributed by atoms with Gasteiger partial charge in [0.15, 0.2) is 0 Å². The summed E-state index contributed by atoms with van der Waals surface area (Å²) in [7, 11) is -3.74. The van der Waals surface area contributed by atoms with E-state index in [9.17, 15) is 8.42 Å². The van der Waals surface area contributed by atoms with Crippen molar-refractivity contribution in [3.8, 4) is 10.8 Å². The van der Waals surface area contributed by atoms with Crippen molar-refractivity contribution in [2.75, 3.05) is 4.31 Å². The van der Waals surface area contributed by atoms with E-state index in [4.69, 9.17) is 4.42 Å². The topological polar surface area (TPSA) is 63.4 Å². The van der Waals surface area contributed by atoms with Crippen LogP contribution in [0.2, 0.25) is 0 Å². The van der Waals surface area contributed by atoms with Gasteiger partial charge in [0.2, 0.25) is 5.89 Å². The standard InChI is InChI=1S/C20H16N2O3S2/c23-27(24,18-10-5-2-6-11-18)22(17-8-3-1-4-9-17)14-16-15-25-20(21-16)19-12-7-13-26-19/h1-13,15H,14H2. The summed E-state index contributed by atoms with van der Waals surface area (Å²) in [6.07, 6.45) is 1.51. The zero-order chi connectivity index (χ0) is 18.7. The van der Waals surface area contributed by atoms with E-state index in [1.165, 1.54) is 21.9 Å².